The van der Waals surface area contributed by atoms with Crippen molar-refractivity contribution < 1.29 is 89.3 Å². The van der Waals surface area contributed by atoms with Crippen molar-refractivity contribution >= 4 is 0 Å². The minimum atomic E-state index is -1.90. The van der Waals surface area contributed by atoms with Gasteiger partial charge in [0.2, 0.25) is 0 Å². The third kappa shape index (κ3) is 7.01. The van der Waals surface area contributed by atoms with Crippen LogP contribution in [-0.4, -0.2) is 193 Å². The minimum Gasteiger partial charge on any atom is -0.396 e. The van der Waals surface area contributed by atoms with E-state index in [1.54, 1.807) is 6.92 Å². The minimum absolute atomic E-state index is 0.0222. The van der Waals surface area contributed by atoms with Crippen molar-refractivity contribution in [1.29, 1.82) is 0 Å². The molecule has 8 fully saturated rings. The Kier molecular flexibility index (Phi) is 12.9. The van der Waals surface area contributed by atoms with E-state index in [0.717, 1.165) is 38.5 Å². The number of fused-ring (bicyclic) bond motifs is 5. The molecule has 0 aromatic carbocycles. The van der Waals surface area contributed by atoms with Crippen molar-refractivity contribution in [2.75, 3.05) is 26.4 Å². The molecule has 4 saturated heterocycles. The van der Waals surface area contributed by atoms with Gasteiger partial charge in [-0.05, 0) is 91.8 Å². The molecule has 9 rings (SSSR count). The molecule has 378 valence electrons. The quantitative estimate of drug-likeness (QED) is 0.104. The number of aliphatic hydroxyl groups is 11. The Morgan fingerprint density at radius 3 is 1.85 bits per heavy atom. The Morgan fingerprint density at radius 1 is 0.591 bits per heavy atom. The van der Waals surface area contributed by atoms with Gasteiger partial charge in [0.15, 0.2) is 18.9 Å². The molecule has 4 heterocycles. The molecule has 0 bridgehead atoms. The van der Waals surface area contributed by atoms with E-state index in [1.165, 1.54) is 0 Å². The fraction of sp³-hybridized carbons (Fsp3) is 0.958. The zero-order valence-corrected chi connectivity index (χ0v) is 39.5. The van der Waals surface area contributed by atoms with Crippen LogP contribution in [-0.2, 0) is 33.2 Å². The molecule has 0 aromatic rings. The predicted octanol–water partition coefficient (Wildman–Crippen LogP) is -0.399. The van der Waals surface area contributed by atoms with Crippen LogP contribution in [0.2, 0.25) is 0 Å². The lowest BCUT2D eigenvalue weighted by Gasteiger charge is -2.78. The summed E-state index contributed by atoms with van der Waals surface area (Å²) in [7, 11) is 0. The summed E-state index contributed by atoms with van der Waals surface area (Å²) in [6.45, 7) is 14.3. The van der Waals surface area contributed by atoms with Crippen LogP contribution >= 0.6 is 0 Å². The van der Waals surface area contributed by atoms with E-state index in [-0.39, 0.29) is 51.4 Å². The second-order valence-corrected chi connectivity index (χ2v) is 23.8. The molecule has 0 unspecified atom stereocenters. The van der Waals surface area contributed by atoms with Gasteiger partial charge in [-0.1, -0.05) is 53.7 Å². The average molecular weight is 943 g/mol. The van der Waals surface area contributed by atoms with Gasteiger partial charge in [-0.25, -0.2) is 0 Å². The van der Waals surface area contributed by atoms with Gasteiger partial charge in [-0.2, -0.15) is 0 Å². The summed E-state index contributed by atoms with van der Waals surface area (Å²) in [6.07, 6.45) is -13.9. The third-order valence-electron chi connectivity index (χ3n) is 20.0. The van der Waals surface area contributed by atoms with Crippen LogP contribution < -0.4 is 0 Å². The van der Waals surface area contributed by atoms with Gasteiger partial charge in [0.05, 0.1) is 50.3 Å². The predicted molar refractivity (Wildman–Crippen MR) is 229 cm³/mol. The molecule has 0 amide bonds. The van der Waals surface area contributed by atoms with Crippen LogP contribution in [0.15, 0.2) is 12.2 Å². The maximum absolute atomic E-state index is 12.2. The second kappa shape index (κ2) is 17.1. The molecule has 11 N–H and O–H groups in total. The molecule has 18 heteroatoms. The molecule has 0 spiro atoms. The van der Waals surface area contributed by atoms with Crippen molar-refractivity contribution in [2.45, 2.75) is 210 Å². The number of allylic oxidation sites excluding steroid dienone is 1. The first-order valence-electron chi connectivity index (χ1n) is 24.4. The summed E-state index contributed by atoms with van der Waals surface area (Å²) >= 11 is 0. The maximum atomic E-state index is 12.2. The van der Waals surface area contributed by atoms with Gasteiger partial charge >= 0.3 is 0 Å². The van der Waals surface area contributed by atoms with Gasteiger partial charge in [0, 0.05) is 16.7 Å². The summed E-state index contributed by atoms with van der Waals surface area (Å²) in [6, 6.07) is 0. The van der Waals surface area contributed by atoms with Crippen LogP contribution in [0.25, 0.3) is 0 Å². The molecule has 4 saturated carbocycles. The van der Waals surface area contributed by atoms with Crippen molar-refractivity contribution in [3.63, 3.8) is 0 Å². The van der Waals surface area contributed by atoms with Gasteiger partial charge in [-0.3, -0.25) is 0 Å². The van der Waals surface area contributed by atoms with E-state index >= 15 is 0 Å². The number of aliphatic hydroxyl groups excluding tert-OH is 11. The average Bonchev–Trinajstić information content (AvgIpc) is 3.26. The van der Waals surface area contributed by atoms with Crippen LogP contribution in [0.3, 0.4) is 0 Å². The van der Waals surface area contributed by atoms with E-state index in [4.69, 9.17) is 33.2 Å². The SMILES string of the molecule is C[C@H]1O[C@@H](O[C@H]2CC[C@@]3(C)[C@@H](CC[C@]4(C)[C@@H]3C=C[C@H]3[C@@]4(C)C[C@H](O)[C@@]45CCC(C)(C)C[C@@]34OC5)[C@]2(C)CO)[C@H](O)[C@@H](O[C@@H]2O[C@H](CO)[C@@H](O)[C@H](O)[C@H]2O[C@@H]2O[C@H](CO)[C@@H](O)[C@H](O)[C@H]2O)[C@H]1O. The van der Waals surface area contributed by atoms with Crippen LogP contribution in [0.5, 0.6) is 0 Å². The molecule has 4 aliphatic heterocycles. The largest absolute Gasteiger partial charge is 0.396 e. The molecular formula is C48H78O18. The summed E-state index contributed by atoms with van der Waals surface area (Å²) in [4.78, 5) is 0. The number of rotatable bonds is 9. The number of hydrogen-bond acceptors (Lipinski definition) is 18. The topological polar surface area (TPSA) is 287 Å². The van der Waals surface area contributed by atoms with Gasteiger partial charge in [-0.15, -0.1) is 0 Å². The molecule has 5 aliphatic carbocycles. The van der Waals surface area contributed by atoms with Crippen LogP contribution in [0, 0.1) is 50.2 Å². The first-order valence-corrected chi connectivity index (χ1v) is 24.4. The highest BCUT2D eigenvalue weighted by Crippen LogP contribution is 2.79. The third-order valence-corrected chi connectivity index (χ3v) is 20.0. The molecular weight excluding hydrogens is 865 g/mol. The molecule has 66 heavy (non-hydrogen) atoms. The Balaban J connectivity index is 0.948. The summed E-state index contributed by atoms with van der Waals surface area (Å²) < 4.78 is 43.0. The number of hydrogen-bond donors (Lipinski definition) is 11. The lowest BCUT2D eigenvalue weighted by atomic mass is 9.31. The van der Waals surface area contributed by atoms with Crippen molar-refractivity contribution in [2.24, 2.45) is 50.2 Å². The van der Waals surface area contributed by atoms with E-state index in [0.29, 0.717) is 19.4 Å². The number of ether oxygens (including phenoxy) is 7. The second-order valence-electron chi connectivity index (χ2n) is 23.8. The smallest absolute Gasteiger partial charge is 0.187 e. The Bertz CT molecular complexity index is 1800. The zero-order chi connectivity index (χ0) is 47.9. The molecule has 0 aromatic heterocycles. The van der Waals surface area contributed by atoms with Crippen LogP contribution in [0.4, 0.5) is 0 Å². The monoisotopic (exact) mass is 943 g/mol. The molecule has 26 atom stereocenters. The fourth-order valence-electron chi connectivity index (χ4n) is 15.8. The Labute approximate surface area is 387 Å². The molecule has 9 aliphatic rings. The Hall–Kier alpha value is -0.980. The zero-order valence-electron chi connectivity index (χ0n) is 39.5. The summed E-state index contributed by atoms with van der Waals surface area (Å²) in [5.74, 6) is 0.256. The molecule has 18 nitrogen and oxygen atoms in total. The summed E-state index contributed by atoms with van der Waals surface area (Å²) in [5.41, 5.74) is -2.07. The van der Waals surface area contributed by atoms with Crippen molar-refractivity contribution in [3.05, 3.63) is 12.2 Å². The fourth-order valence-corrected chi connectivity index (χ4v) is 15.8. The lowest BCUT2D eigenvalue weighted by Crippen LogP contribution is -2.81. The maximum Gasteiger partial charge on any atom is 0.187 e. The summed E-state index contributed by atoms with van der Waals surface area (Å²) in [5, 5.41) is 120. The van der Waals surface area contributed by atoms with Crippen molar-refractivity contribution in [1.82, 2.24) is 0 Å². The standard InChI is InChI=1S/C48H78O18/c1-22-30(53)37(65-41-38(34(57)32(55)24(18-50)63-41)66-39-35(58)33(56)31(54)23(17-49)62-39)36(59)40(61-22)64-29-11-12-43(4)25(44(29,5)20-51)10-13-45(6)26(43)8-9-27-46(45,7)16-28(52)47-15-14-42(2,3)19-48(27,47)60-21-47/h8-9,22-41,49-59H,10-21H2,1-7H3/t22-,23-,24-,25-,26-,27+,28+,29+,30+,31-,32-,33+,34+,35-,36-,37+,38-,39+,40+,41+,43+,44+,45-,46-,47+,48-/m1/s1. The van der Waals surface area contributed by atoms with Gasteiger partial charge < -0.3 is 89.3 Å². The lowest BCUT2D eigenvalue weighted by molar-refractivity contribution is -0.395. The normalized spacial score (nSPS) is 58.8. The Morgan fingerprint density at radius 2 is 1.21 bits per heavy atom. The highest BCUT2D eigenvalue weighted by Gasteiger charge is 2.79. The first kappa shape index (κ1) is 50.0. The van der Waals surface area contributed by atoms with Gasteiger partial charge in [0.1, 0.15) is 67.1 Å². The first-order chi connectivity index (χ1) is 30.9. The van der Waals surface area contributed by atoms with E-state index in [2.05, 4.69) is 46.8 Å². The molecule has 0 radical (unpaired) electrons. The van der Waals surface area contributed by atoms with E-state index in [9.17, 15) is 56.2 Å². The van der Waals surface area contributed by atoms with Crippen LogP contribution in [0.1, 0.15) is 99.8 Å². The van der Waals surface area contributed by atoms with Crippen molar-refractivity contribution in [3.8, 4) is 0 Å². The highest BCUT2D eigenvalue weighted by molar-refractivity contribution is 5.33. The van der Waals surface area contributed by atoms with E-state index < -0.39 is 129 Å². The van der Waals surface area contributed by atoms with E-state index in [1.807, 2.05) is 6.92 Å². The highest BCUT2D eigenvalue weighted by atomic mass is 16.8. The van der Waals surface area contributed by atoms with Gasteiger partial charge in [0.25, 0.3) is 0 Å².